The molecule has 0 aliphatic carbocycles. The van der Waals surface area contributed by atoms with Crippen molar-refractivity contribution in [3.05, 3.63) is 77.9 Å². The number of fused-ring (bicyclic) bond motifs is 1. The van der Waals surface area contributed by atoms with Crippen molar-refractivity contribution in [1.82, 2.24) is 10.2 Å². The third-order valence-electron chi connectivity index (χ3n) is 4.68. The van der Waals surface area contributed by atoms with Crippen LogP contribution in [0.3, 0.4) is 0 Å². The first kappa shape index (κ1) is 22.1. The number of carbonyl (C=O) groups is 1. The monoisotopic (exact) mass is 450 g/mol. The summed E-state index contributed by atoms with van der Waals surface area (Å²) in [5, 5.41) is 3.64. The van der Waals surface area contributed by atoms with E-state index in [2.05, 4.69) is 5.32 Å². The molecule has 1 heterocycles. The summed E-state index contributed by atoms with van der Waals surface area (Å²) >= 11 is 12.3. The molecule has 0 saturated heterocycles. The Morgan fingerprint density at radius 3 is 2.37 bits per heavy atom. The lowest BCUT2D eigenvalue weighted by Crippen LogP contribution is -2.31. The highest BCUT2D eigenvalue weighted by molar-refractivity contribution is 6.36. The van der Waals surface area contributed by atoms with Gasteiger partial charge >= 0.3 is 11.3 Å². The minimum atomic E-state index is -1.17. The van der Waals surface area contributed by atoms with Crippen LogP contribution in [0.4, 0.5) is 0 Å². The van der Waals surface area contributed by atoms with Gasteiger partial charge in [0, 0.05) is 10.6 Å². The van der Waals surface area contributed by atoms with E-state index in [1.165, 1.54) is 6.07 Å². The van der Waals surface area contributed by atoms with E-state index in [1.54, 1.807) is 19.1 Å². The van der Waals surface area contributed by atoms with Crippen LogP contribution in [-0.4, -0.2) is 31.4 Å². The Morgan fingerprint density at radius 1 is 1.10 bits per heavy atom. The van der Waals surface area contributed by atoms with Gasteiger partial charge in [-0.05, 0) is 63.3 Å². The smallest absolute Gasteiger partial charge is 0.414 e. The fraction of sp³-hybridized carbons (Fsp3) is 0.286. The first-order chi connectivity index (χ1) is 14.2. The van der Waals surface area contributed by atoms with Crippen molar-refractivity contribution in [2.24, 2.45) is 0 Å². The summed E-state index contributed by atoms with van der Waals surface area (Å²) in [5.74, 6) is -0.399. The quantitative estimate of drug-likeness (QED) is 0.574. The first-order valence-electron chi connectivity index (χ1n) is 9.15. The Balaban J connectivity index is 1.98. The molecule has 1 atom stereocenters. The third kappa shape index (κ3) is 4.75. The molecule has 1 amide bonds. The van der Waals surface area contributed by atoms with Gasteiger partial charge in [0.1, 0.15) is 0 Å². The van der Waals surface area contributed by atoms with E-state index in [0.29, 0.717) is 17.0 Å². The van der Waals surface area contributed by atoms with Crippen LogP contribution in [0.5, 0.6) is 0 Å². The van der Waals surface area contributed by atoms with Crippen molar-refractivity contribution in [2.75, 3.05) is 20.6 Å². The molecule has 30 heavy (non-hydrogen) atoms. The van der Waals surface area contributed by atoms with Crippen LogP contribution in [0, 0.1) is 6.92 Å². The standard InChI is InChI=1S/C21H20Cl2N2O5/c1-11-14(10-16-18(17(11)23)30-21(28)20(27)29-16)19(26)24-15(8-9-25(2)3)12-4-6-13(22)7-5-12/h4-7,10,15H,8-9H2,1-3H3,(H,24,26). The lowest BCUT2D eigenvalue weighted by Gasteiger charge is -2.22. The van der Waals surface area contributed by atoms with Crippen LogP contribution in [-0.2, 0) is 0 Å². The molecule has 0 spiro atoms. The molecule has 3 aromatic rings. The topological polar surface area (TPSA) is 92.8 Å². The summed E-state index contributed by atoms with van der Waals surface area (Å²) in [6.45, 7) is 2.37. The highest BCUT2D eigenvalue weighted by Crippen LogP contribution is 2.29. The Labute approximate surface area is 182 Å². The van der Waals surface area contributed by atoms with Gasteiger partial charge in [-0.2, -0.15) is 0 Å². The zero-order valence-electron chi connectivity index (χ0n) is 16.6. The summed E-state index contributed by atoms with van der Waals surface area (Å²) in [6, 6.07) is 8.31. The number of hydrogen-bond acceptors (Lipinski definition) is 6. The molecule has 1 aromatic heterocycles. The average Bonchev–Trinajstić information content (AvgIpc) is 2.70. The minimum absolute atomic E-state index is 0.0369. The van der Waals surface area contributed by atoms with Gasteiger partial charge in [-0.15, -0.1) is 0 Å². The molecule has 9 heteroatoms. The van der Waals surface area contributed by atoms with Crippen molar-refractivity contribution in [2.45, 2.75) is 19.4 Å². The summed E-state index contributed by atoms with van der Waals surface area (Å²) in [4.78, 5) is 38.1. The highest BCUT2D eigenvalue weighted by Gasteiger charge is 2.22. The van der Waals surface area contributed by atoms with E-state index in [9.17, 15) is 14.4 Å². The van der Waals surface area contributed by atoms with Crippen LogP contribution < -0.4 is 16.6 Å². The number of amides is 1. The van der Waals surface area contributed by atoms with Crippen LogP contribution in [0.2, 0.25) is 10.0 Å². The normalized spacial score (nSPS) is 12.3. The number of nitrogens with zero attached hydrogens (tertiary/aromatic N) is 1. The second kappa shape index (κ2) is 9.04. The summed E-state index contributed by atoms with van der Waals surface area (Å²) in [5.41, 5.74) is -0.953. The van der Waals surface area contributed by atoms with E-state index in [-0.39, 0.29) is 27.8 Å². The molecular weight excluding hydrogens is 431 g/mol. The number of nitrogens with one attached hydrogen (secondary N) is 1. The summed E-state index contributed by atoms with van der Waals surface area (Å²) in [7, 11) is 3.90. The molecule has 2 aromatic carbocycles. The molecule has 158 valence electrons. The van der Waals surface area contributed by atoms with E-state index >= 15 is 0 Å². The fourth-order valence-electron chi connectivity index (χ4n) is 3.02. The third-order valence-corrected chi connectivity index (χ3v) is 5.39. The first-order valence-corrected chi connectivity index (χ1v) is 9.91. The molecule has 0 fully saturated rings. The van der Waals surface area contributed by atoms with Gasteiger partial charge in [-0.25, -0.2) is 9.59 Å². The minimum Gasteiger partial charge on any atom is -0.414 e. The van der Waals surface area contributed by atoms with Crippen LogP contribution in [0.25, 0.3) is 11.2 Å². The van der Waals surface area contributed by atoms with Crippen LogP contribution in [0.15, 0.2) is 48.8 Å². The van der Waals surface area contributed by atoms with Crippen LogP contribution >= 0.6 is 23.2 Å². The van der Waals surface area contributed by atoms with Crippen molar-refractivity contribution in [1.29, 1.82) is 0 Å². The van der Waals surface area contributed by atoms with Gasteiger partial charge in [0.2, 0.25) is 0 Å². The zero-order valence-corrected chi connectivity index (χ0v) is 18.1. The Hall–Kier alpha value is -2.61. The molecule has 0 radical (unpaired) electrons. The van der Waals surface area contributed by atoms with E-state index in [4.69, 9.17) is 32.0 Å². The predicted octanol–water partition coefficient (Wildman–Crippen LogP) is 3.78. The van der Waals surface area contributed by atoms with Gasteiger partial charge in [0.25, 0.3) is 5.91 Å². The molecule has 1 unspecified atom stereocenters. The summed E-state index contributed by atoms with van der Waals surface area (Å²) < 4.78 is 9.88. The second-order valence-electron chi connectivity index (χ2n) is 7.14. The summed E-state index contributed by atoms with van der Waals surface area (Å²) in [6.07, 6.45) is 0.657. The number of rotatable bonds is 6. The van der Waals surface area contributed by atoms with Gasteiger partial charge in [0.15, 0.2) is 11.2 Å². The number of halogens is 2. The average molecular weight is 451 g/mol. The van der Waals surface area contributed by atoms with Crippen molar-refractivity contribution >= 4 is 40.3 Å². The Kier molecular flexibility index (Phi) is 6.65. The Morgan fingerprint density at radius 2 is 1.73 bits per heavy atom. The van der Waals surface area contributed by atoms with Crippen molar-refractivity contribution in [3.8, 4) is 0 Å². The van der Waals surface area contributed by atoms with Gasteiger partial charge in [-0.1, -0.05) is 35.3 Å². The number of hydrogen-bond donors (Lipinski definition) is 1. The lowest BCUT2D eigenvalue weighted by molar-refractivity contribution is 0.0932. The number of carbonyl (C=O) groups excluding carboxylic acids is 1. The molecular formula is C21H20Cl2N2O5. The Bertz CT molecular complexity index is 1200. The molecule has 0 aliphatic rings. The fourth-order valence-corrected chi connectivity index (χ4v) is 3.38. The van der Waals surface area contributed by atoms with Crippen LogP contribution in [0.1, 0.15) is 33.9 Å². The molecule has 3 rings (SSSR count). The predicted molar refractivity (Wildman–Crippen MR) is 116 cm³/mol. The maximum absolute atomic E-state index is 13.1. The molecule has 7 nitrogen and oxygen atoms in total. The van der Waals surface area contributed by atoms with E-state index < -0.39 is 17.2 Å². The van der Waals surface area contributed by atoms with E-state index in [1.807, 2.05) is 31.1 Å². The maximum Gasteiger partial charge on any atom is 0.423 e. The SMILES string of the molecule is Cc1c(C(=O)NC(CCN(C)C)c2ccc(Cl)cc2)cc2oc(=O)c(=O)oc2c1Cl. The molecule has 0 bridgehead atoms. The molecule has 0 saturated carbocycles. The number of benzene rings is 2. The van der Waals surface area contributed by atoms with E-state index in [0.717, 1.165) is 12.1 Å². The lowest BCUT2D eigenvalue weighted by atomic mass is 10.0. The highest BCUT2D eigenvalue weighted by atomic mass is 35.5. The van der Waals surface area contributed by atoms with Gasteiger partial charge in [0.05, 0.1) is 11.1 Å². The second-order valence-corrected chi connectivity index (χ2v) is 7.95. The molecule has 0 aliphatic heterocycles. The zero-order chi connectivity index (χ0) is 22.0. The largest absolute Gasteiger partial charge is 0.423 e. The van der Waals surface area contributed by atoms with Gasteiger partial charge < -0.3 is 19.1 Å². The van der Waals surface area contributed by atoms with Gasteiger partial charge in [-0.3, -0.25) is 4.79 Å². The van der Waals surface area contributed by atoms with Crippen molar-refractivity contribution in [3.63, 3.8) is 0 Å². The molecule has 1 N–H and O–H groups in total. The maximum atomic E-state index is 13.1. The van der Waals surface area contributed by atoms with Crippen molar-refractivity contribution < 1.29 is 13.6 Å².